The Hall–Kier alpha value is -1.89. The van der Waals surface area contributed by atoms with Crippen molar-refractivity contribution in [1.29, 1.82) is 0 Å². The molecule has 0 aliphatic carbocycles. The van der Waals surface area contributed by atoms with Gasteiger partial charge in [0.15, 0.2) is 0 Å². The summed E-state index contributed by atoms with van der Waals surface area (Å²) in [6.07, 6.45) is -5.42. The fourth-order valence-corrected chi connectivity index (χ4v) is 2.54. The van der Waals surface area contributed by atoms with E-state index < -0.39 is 24.2 Å². The van der Waals surface area contributed by atoms with Crippen LogP contribution in [0.3, 0.4) is 0 Å². The second-order valence-corrected chi connectivity index (χ2v) is 6.24. The number of amides is 1. The average Bonchev–Trinajstić information content (AvgIpc) is 2.74. The fraction of sp³-hybridized carbons (Fsp3) is 0.500. The van der Waals surface area contributed by atoms with E-state index in [1.54, 1.807) is 19.1 Å². The van der Waals surface area contributed by atoms with Gasteiger partial charge in [-0.1, -0.05) is 31.5 Å². The Labute approximate surface area is 132 Å². The predicted octanol–water partition coefficient (Wildman–Crippen LogP) is 3.49. The van der Waals surface area contributed by atoms with Gasteiger partial charge in [-0.3, -0.25) is 4.79 Å². The molecular weight excluding hydrogens is 309 g/mol. The molecule has 23 heavy (non-hydrogen) atoms. The summed E-state index contributed by atoms with van der Waals surface area (Å²) in [7, 11) is 0. The van der Waals surface area contributed by atoms with Crippen molar-refractivity contribution in [3.63, 3.8) is 0 Å². The zero-order chi connectivity index (χ0) is 17.4. The van der Waals surface area contributed by atoms with E-state index >= 15 is 0 Å². The number of rotatable bonds is 3. The van der Waals surface area contributed by atoms with Gasteiger partial charge in [0.25, 0.3) is 11.6 Å². The molecule has 1 N–H and O–H groups in total. The van der Waals surface area contributed by atoms with Crippen LogP contribution in [0.2, 0.25) is 0 Å². The molecule has 0 fully saturated rings. The number of nitrogens with zero attached hydrogens (tertiary/aromatic N) is 2. The maximum atomic E-state index is 13.3. The Morgan fingerprint density at radius 3 is 2.61 bits per heavy atom. The third kappa shape index (κ3) is 3.39. The molecule has 0 spiro atoms. The molecular formula is C16H19F3N2O2. The zero-order valence-corrected chi connectivity index (χ0v) is 13.2. The number of hydrazone groups is 1. The molecule has 0 saturated carbocycles. The SMILES string of the molecule is Cc1cccc(C(=O)N2N=C(CC(C)C)C[C@]2(O)C(F)(F)F)c1. The second-order valence-electron chi connectivity index (χ2n) is 6.24. The number of aliphatic hydroxyl groups is 1. The number of hydrogen-bond donors (Lipinski definition) is 1. The van der Waals surface area contributed by atoms with Crippen LogP contribution in [0.15, 0.2) is 29.4 Å². The summed E-state index contributed by atoms with van der Waals surface area (Å²) in [5, 5.41) is 14.1. The maximum Gasteiger partial charge on any atom is 0.438 e. The average molecular weight is 328 g/mol. The lowest BCUT2D eigenvalue weighted by molar-refractivity contribution is -0.297. The summed E-state index contributed by atoms with van der Waals surface area (Å²) in [5.74, 6) is -0.896. The monoisotopic (exact) mass is 328 g/mol. The quantitative estimate of drug-likeness (QED) is 0.923. The molecule has 1 aromatic carbocycles. The molecule has 1 amide bonds. The lowest BCUT2D eigenvalue weighted by Crippen LogP contribution is -2.56. The van der Waals surface area contributed by atoms with Crippen molar-refractivity contribution in [2.45, 2.75) is 45.5 Å². The normalized spacial score (nSPS) is 21.7. The number of carbonyl (C=O) groups excluding carboxylic acids is 1. The minimum absolute atomic E-state index is 0.0576. The highest BCUT2D eigenvalue weighted by molar-refractivity contribution is 5.98. The third-order valence-corrected chi connectivity index (χ3v) is 3.60. The summed E-state index contributed by atoms with van der Waals surface area (Å²) in [5.41, 5.74) is -2.34. The van der Waals surface area contributed by atoms with Crippen molar-refractivity contribution in [3.8, 4) is 0 Å². The van der Waals surface area contributed by atoms with Crippen LogP contribution in [0, 0.1) is 12.8 Å². The first-order valence-corrected chi connectivity index (χ1v) is 7.31. The van der Waals surface area contributed by atoms with Crippen molar-refractivity contribution < 1.29 is 23.1 Å². The van der Waals surface area contributed by atoms with Crippen LogP contribution in [-0.4, -0.2) is 33.6 Å². The summed E-state index contributed by atoms with van der Waals surface area (Å²) in [4.78, 5) is 12.5. The number of aryl methyl sites for hydroxylation is 1. The van der Waals surface area contributed by atoms with Gasteiger partial charge < -0.3 is 5.11 Å². The second kappa shape index (κ2) is 5.96. The lowest BCUT2D eigenvalue weighted by Gasteiger charge is -2.32. The number of alkyl halides is 3. The van der Waals surface area contributed by atoms with Gasteiger partial charge in [-0.25, -0.2) is 0 Å². The van der Waals surface area contributed by atoms with Crippen LogP contribution in [0.5, 0.6) is 0 Å². The summed E-state index contributed by atoms with van der Waals surface area (Å²) in [6, 6.07) is 6.17. The Morgan fingerprint density at radius 1 is 1.43 bits per heavy atom. The van der Waals surface area contributed by atoms with Gasteiger partial charge in [0.2, 0.25) is 0 Å². The van der Waals surface area contributed by atoms with Crippen molar-refractivity contribution in [3.05, 3.63) is 35.4 Å². The van der Waals surface area contributed by atoms with Gasteiger partial charge in [-0.2, -0.15) is 23.3 Å². The highest BCUT2D eigenvalue weighted by Gasteiger charge is 2.63. The molecule has 0 bridgehead atoms. The first-order chi connectivity index (χ1) is 10.5. The molecule has 1 aliphatic rings. The smallest absolute Gasteiger partial charge is 0.362 e. The van der Waals surface area contributed by atoms with E-state index in [9.17, 15) is 23.1 Å². The standard InChI is InChI=1S/C16H19F3N2O2/c1-10(2)7-13-9-15(23,16(17,18)19)21(20-13)14(22)12-6-4-5-11(3)8-12/h4-6,8,10,23H,7,9H2,1-3H3/t15-/m0/s1. The predicted molar refractivity (Wildman–Crippen MR) is 79.9 cm³/mol. The summed E-state index contributed by atoms with van der Waals surface area (Å²) >= 11 is 0. The molecule has 0 radical (unpaired) electrons. The van der Waals surface area contributed by atoms with Gasteiger partial charge in [-0.15, -0.1) is 0 Å². The fourth-order valence-electron chi connectivity index (χ4n) is 2.54. The van der Waals surface area contributed by atoms with Crippen LogP contribution in [0.25, 0.3) is 0 Å². The van der Waals surface area contributed by atoms with Crippen molar-refractivity contribution >= 4 is 11.6 Å². The van der Waals surface area contributed by atoms with Crippen LogP contribution in [-0.2, 0) is 0 Å². The van der Waals surface area contributed by atoms with E-state index in [1.807, 2.05) is 13.8 Å². The van der Waals surface area contributed by atoms with Crippen LogP contribution in [0.4, 0.5) is 13.2 Å². The molecule has 1 aliphatic heterocycles. The maximum absolute atomic E-state index is 13.3. The van der Waals surface area contributed by atoms with E-state index in [2.05, 4.69) is 5.10 Å². The highest BCUT2D eigenvalue weighted by atomic mass is 19.4. The number of benzene rings is 1. The first-order valence-electron chi connectivity index (χ1n) is 7.31. The molecule has 1 atom stereocenters. The molecule has 0 aromatic heterocycles. The van der Waals surface area contributed by atoms with Gasteiger partial charge in [-0.05, 0) is 31.4 Å². The van der Waals surface area contributed by atoms with E-state index in [0.717, 1.165) is 5.56 Å². The Kier molecular flexibility index (Phi) is 4.52. The van der Waals surface area contributed by atoms with Crippen LogP contribution >= 0.6 is 0 Å². The van der Waals surface area contributed by atoms with E-state index in [4.69, 9.17) is 0 Å². The molecule has 126 valence electrons. The Balaban J connectivity index is 2.41. The number of carbonyl (C=O) groups is 1. The van der Waals surface area contributed by atoms with Crippen molar-refractivity contribution in [2.75, 3.05) is 0 Å². The van der Waals surface area contributed by atoms with Gasteiger partial charge in [0.1, 0.15) is 0 Å². The largest absolute Gasteiger partial charge is 0.438 e. The molecule has 1 heterocycles. The van der Waals surface area contributed by atoms with E-state index in [1.165, 1.54) is 12.1 Å². The highest BCUT2D eigenvalue weighted by Crippen LogP contribution is 2.41. The van der Waals surface area contributed by atoms with E-state index in [-0.39, 0.29) is 28.6 Å². The molecule has 4 nitrogen and oxygen atoms in total. The topological polar surface area (TPSA) is 52.9 Å². The number of halogens is 3. The van der Waals surface area contributed by atoms with Crippen LogP contribution in [0.1, 0.15) is 42.6 Å². The Bertz CT molecular complexity index is 640. The van der Waals surface area contributed by atoms with Gasteiger partial charge >= 0.3 is 6.18 Å². The van der Waals surface area contributed by atoms with Crippen LogP contribution < -0.4 is 0 Å². The summed E-state index contributed by atoms with van der Waals surface area (Å²) < 4.78 is 40.0. The molecule has 1 aromatic rings. The molecule has 2 rings (SSSR count). The minimum atomic E-state index is -4.99. The molecule has 0 unspecified atom stereocenters. The Morgan fingerprint density at radius 2 is 2.09 bits per heavy atom. The number of hydrogen-bond acceptors (Lipinski definition) is 3. The van der Waals surface area contributed by atoms with Crippen molar-refractivity contribution in [2.24, 2.45) is 11.0 Å². The lowest BCUT2D eigenvalue weighted by atomic mass is 9.99. The van der Waals surface area contributed by atoms with E-state index in [0.29, 0.717) is 0 Å². The van der Waals surface area contributed by atoms with Crippen molar-refractivity contribution in [1.82, 2.24) is 5.01 Å². The molecule has 0 saturated heterocycles. The minimum Gasteiger partial charge on any atom is -0.362 e. The first kappa shape index (κ1) is 17.5. The summed E-state index contributed by atoms with van der Waals surface area (Å²) in [6.45, 7) is 5.39. The zero-order valence-electron chi connectivity index (χ0n) is 13.2. The molecule has 7 heteroatoms. The third-order valence-electron chi connectivity index (χ3n) is 3.60. The van der Waals surface area contributed by atoms with Gasteiger partial charge in [0.05, 0.1) is 0 Å². The van der Waals surface area contributed by atoms with Gasteiger partial charge in [0, 0.05) is 17.7 Å².